The SMILES string of the molecule is CC(C)[Si](c1cc(C(=O)c2cccs2)c(C#Cc2sc([Si](C(C)C)(C(C)C)C(C)C)cc2C(=O)c2cccs2)s1)(C(C)C)C(C)C. The smallest absolute Gasteiger partial charge is 0.205 e. The minimum atomic E-state index is -2.02. The molecule has 0 N–H and O–H groups in total. The third-order valence-electron chi connectivity index (χ3n) is 10.3. The Bertz CT molecular complexity index is 1540. The van der Waals surface area contributed by atoms with Crippen molar-refractivity contribution >= 4 is 82.1 Å². The molecule has 46 heavy (non-hydrogen) atoms. The van der Waals surface area contributed by atoms with E-state index < -0.39 is 16.1 Å². The molecule has 0 aromatic carbocycles. The average molecular weight is 723 g/mol. The first kappa shape index (κ1) is 37.0. The molecular weight excluding hydrogens is 673 g/mol. The predicted molar refractivity (Wildman–Crippen MR) is 211 cm³/mol. The van der Waals surface area contributed by atoms with E-state index in [9.17, 15) is 9.59 Å². The summed E-state index contributed by atoms with van der Waals surface area (Å²) in [4.78, 5) is 31.1. The molecule has 2 nitrogen and oxygen atoms in total. The van der Waals surface area contributed by atoms with E-state index in [0.29, 0.717) is 44.4 Å². The zero-order valence-corrected chi connectivity index (χ0v) is 34.8. The highest BCUT2D eigenvalue weighted by molar-refractivity contribution is 7.29. The molecule has 4 aromatic rings. The summed E-state index contributed by atoms with van der Waals surface area (Å²) in [5.74, 6) is 7.15. The lowest BCUT2D eigenvalue weighted by Crippen LogP contribution is -2.54. The van der Waals surface area contributed by atoms with E-state index in [1.165, 1.54) is 31.7 Å². The minimum Gasteiger partial charge on any atom is -0.288 e. The Morgan fingerprint density at radius 1 is 0.543 bits per heavy atom. The van der Waals surface area contributed by atoms with Gasteiger partial charge in [-0.3, -0.25) is 9.59 Å². The fourth-order valence-corrected chi connectivity index (χ4v) is 30.0. The monoisotopic (exact) mass is 722 g/mol. The van der Waals surface area contributed by atoms with Gasteiger partial charge in [0.1, 0.15) is 16.1 Å². The molecule has 4 aromatic heterocycles. The molecule has 0 amide bonds. The number of carbonyl (C=O) groups excluding carboxylic acids is 2. The van der Waals surface area contributed by atoms with E-state index in [-0.39, 0.29) is 11.6 Å². The molecule has 0 atom stereocenters. The molecule has 0 spiro atoms. The van der Waals surface area contributed by atoms with Crippen molar-refractivity contribution in [3.05, 3.63) is 77.8 Å². The second-order valence-electron chi connectivity index (χ2n) is 14.4. The Morgan fingerprint density at radius 2 is 0.848 bits per heavy atom. The molecule has 0 saturated heterocycles. The van der Waals surface area contributed by atoms with Gasteiger partial charge in [-0.25, -0.2) is 0 Å². The van der Waals surface area contributed by atoms with Crippen molar-refractivity contribution in [2.24, 2.45) is 0 Å². The summed E-state index contributed by atoms with van der Waals surface area (Å²) in [6, 6.07) is 12.1. The largest absolute Gasteiger partial charge is 0.288 e. The van der Waals surface area contributed by atoms with Gasteiger partial charge >= 0.3 is 0 Å². The Morgan fingerprint density at radius 3 is 1.09 bits per heavy atom. The molecule has 0 aliphatic heterocycles. The summed E-state index contributed by atoms with van der Waals surface area (Å²) in [5, 5.41) is 3.93. The van der Waals surface area contributed by atoms with Crippen LogP contribution in [0.3, 0.4) is 0 Å². The minimum absolute atomic E-state index is 0.0496. The van der Waals surface area contributed by atoms with Crippen LogP contribution in [-0.4, -0.2) is 27.7 Å². The van der Waals surface area contributed by atoms with Crippen LogP contribution in [0.25, 0.3) is 0 Å². The lowest BCUT2D eigenvalue weighted by atomic mass is 10.1. The first-order valence-electron chi connectivity index (χ1n) is 16.6. The zero-order valence-electron chi connectivity index (χ0n) is 29.5. The number of thiophene rings is 4. The molecule has 4 rings (SSSR count). The Labute approximate surface area is 295 Å². The summed E-state index contributed by atoms with van der Waals surface area (Å²) < 4.78 is 2.73. The highest BCUT2D eigenvalue weighted by atomic mass is 32.1. The highest BCUT2D eigenvalue weighted by Crippen LogP contribution is 2.44. The van der Waals surface area contributed by atoms with Crippen molar-refractivity contribution in [3.63, 3.8) is 0 Å². The van der Waals surface area contributed by atoms with Crippen LogP contribution in [-0.2, 0) is 0 Å². The van der Waals surface area contributed by atoms with Crippen LogP contribution < -0.4 is 9.00 Å². The van der Waals surface area contributed by atoms with Gasteiger partial charge in [-0.1, -0.05) is 95.2 Å². The fraction of sp³-hybridized carbons (Fsp3) is 0.474. The van der Waals surface area contributed by atoms with Gasteiger partial charge in [-0.2, -0.15) is 0 Å². The summed E-state index contributed by atoms with van der Waals surface area (Å²) in [6.07, 6.45) is 0. The number of carbonyl (C=O) groups is 2. The first-order valence-corrected chi connectivity index (χ1v) is 24.4. The third-order valence-corrected chi connectivity index (χ3v) is 30.0. The summed E-state index contributed by atoms with van der Waals surface area (Å²) in [5.41, 5.74) is 4.56. The number of hydrogen-bond donors (Lipinski definition) is 0. The predicted octanol–water partition coefficient (Wildman–Crippen LogP) is 11.6. The maximum atomic E-state index is 14.0. The summed E-state index contributed by atoms with van der Waals surface area (Å²) >= 11 is 6.45. The maximum absolute atomic E-state index is 14.0. The number of hydrogen-bond acceptors (Lipinski definition) is 6. The van der Waals surface area contributed by atoms with Gasteiger partial charge in [0.25, 0.3) is 0 Å². The van der Waals surface area contributed by atoms with Crippen molar-refractivity contribution in [3.8, 4) is 11.8 Å². The molecule has 4 heterocycles. The Kier molecular flexibility index (Phi) is 11.8. The van der Waals surface area contributed by atoms with Crippen molar-refractivity contribution in [1.29, 1.82) is 0 Å². The van der Waals surface area contributed by atoms with Gasteiger partial charge in [-0.05, 0) is 89.1 Å². The zero-order chi connectivity index (χ0) is 34.1. The van der Waals surface area contributed by atoms with Crippen LogP contribution in [0, 0.1) is 11.8 Å². The molecule has 0 aliphatic rings. The van der Waals surface area contributed by atoms with Gasteiger partial charge in [0.2, 0.25) is 11.6 Å². The quantitative estimate of drug-likeness (QED) is 0.0829. The molecule has 0 saturated carbocycles. The number of rotatable bonds is 12. The van der Waals surface area contributed by atoms with Gasteiger partial charge < -0.3 is 0 Å². The maximum Gasteiger partial charge on any atom is 0.205 e. The van der Waals surface area contributed by atoms with E-state index >= 15 is 0 Å². The van der Waals surface area contributed by atoms with Crippen LogP contribution in [0.5, 0.6) is 0 Å². The van der Waals surface area contributed by atoms with Crippen LogP contribution in [0.4, 0.5) is 0 Å². The molecular formula is C38H50O2S4Si2. The van der Waals surface area contributed by atoms with Crippen LogP contribution in [0.2, 0.25) is 33.2 Å². The van der Waals surface area contributed by atoms with Crippen molar-refractivity contribution in [2.75, 3.05) is 0 Å². The topological polar surface area (TPSA) is 34.1 Å². The Hall–Kier alpha value is -1.87. The van der Waals surface area contributed by atoms with Gasteiger partial charge in [-0.15, -0.1) is 45.3 Å². The van der Waals surface area contributed by atoms with Crippen LogP contribution in [0.15, 0.2) is 47.2 Å². The third kappa shape index (κ3) is 6.45. The van der Waals surface area contributed by atoms with Crippen molar-refractivity contribution < 1.29 is 9.59 Å². The van der Waals surface area contributed by atoms with Gasteiger partial charge in [0.15, 0.2) is 0 Å². The van der Waals surface area contributed by atoms with Crippen molar-refractivity contribution in [1.82, 2.24) is 0 Å². The molecule has 0 radical (unpaired) electrons. The van der Waals surface area contributed by atoms with Gasteiger partial charge in [0.05, 0.1) is 19.5 Å². The van der Waals surface area contributed by atoms with Gasteiger partial charge in [0, 0.05) is 11.1 Å². The Balaban J connectivity index is 1.99. The van der Waals surface area contributed by atoms with E-state index in [0.717, 1.165) is 19.5 Å². The van der Waals surface area contributed by atoms with Crippen molar-refractivity contribution in [2.45, 2.75) is 116 Å². The average Bonchev–Trinajstić information content (AvgIpc) is 3.78. The van der Waals surface area contributed by atoms with E-state index in [4.69, 9.17) is 0 Å². The normalized spacial score (nSPS) is 12.7. The first-order chi connectivity index (χ1) is 21.6. The lowest BCUT2D eigenvalue weighted by Gasteiger charge is -2.42. The molecule has 0 bridgehead atoms. The molecule has 246 valence electrons. The van der Waals surface area contributed by atoms with E-state index in [1.54, 1.807) is 22.7 Å². The fourth-order valence-electron chi connectivity index (χ4n) is 8.63. The van der Waals surface area contributed by atoms with Crippen LogP contribution >= 0.6 is 45.3 Å². The van der Waals surface area contributed by atoms with Crippen LogP contribution in [0.1, 0.15) is 123 Å². The second kappa shape index (κ2) is 14.7. The standard InChI is InChI=1S/C38H50O2S4Si2/c1-23(2)45(24(3)4,25(5)6)35-21-29(37(39)33-15-13-19-41-33)31(43-35)17-18-32-30(38(40)34-16-14-20-42-34)22-36(44-32)46(26(7)8,27(9)10)28(11)12/h13-16,19-28H,1-12H3. The highest BCUT2D eigenvalue weighted by Gasteiger charge is 2.47. The second-order valence-corrected chi connectivity index (χ2v) is 30.8. The van der Waals surface area contributed by atoms with E-state index in [2.05, 4.69) is 107 Å². The molecule has 0 unspecified atom stereocenters. The summed E-state index contributed by atoms with van der Waals surface area (Å²) in [6.45, 7) is 28.4. The molecule has 0 fully saturated rings. The molecule has 8 heteroatoms. The summed E-state index contributed by atoms with van der Waals surface area (Å²) in [7, 11) is -4.04. The van der Waals surface area contributed by atoms with E-state index in [1.807, 2.05) is 35.0 Å². The number of ketones is 2. The molecule has 0 aliphatic carbocycles. The lowest BCUT2D eigenvalue weighted by molar-refractivity contribution is 0.103.